The predicted molar refractivity (Wildman–Crippen MR) is 152 cm³/mol. The van der Waals surface area contributed by atoms with Crippen molar-refractivity contribution in [2.75, 3.05) is 13.7 Å². The van der Waals surface area contributed by atoms with Gasteiger partial charge in [0.05, 0.1) is 29.5 Å². The minimum absolute atomic E-state index is 0.189. The van der Waals surface area contributed by atoms with Gasteiger partial charge < -0.3 is 14.5 Å². The molecule has 0 saturated carbocycles. The van der Waals surface area contributed by atoms with Crippen molar-refractivity contribution in [3.63, 3.8) is 0 Å². The number of benzene rings is 3. The van der Waals surface area contributed by atoms with E-state index in [0.717, 1.165) is 22.0 Å². The first-order chi connectivity index (χ1) is 19.1. The number of aromatic amines is 1. The third-order valence-corrected chi connectivity index (χ3v) is 7.70. The van der Waals surface area contributed by atoms with Gasteiger partial charge in [-0.1, -0.05) is 78.1 Å². The molecule has 1 atom stereocenters. The zero-order valence-corrected chi connectivity index (χ0v) is 22.2. The van der Waals surface area contributed by atoms with Crippen LogP contribution in [0, 0.1) is 0 Å². The van der Waals surface area contributed by atoms with E-state index in [9.17, 15) is 9.59 Å². The lowest BCUT2D eigenvalue weighted by atomic mass is 9.92. The van der Waals surface area contributed by atoms with Crippen LogP contribution in [0.3, 0.4) is 0 Å². The number of para-hydroxylation sites is 2. The van der Waals surface area contributed by atoms with Gasteiger partial charge in [-0.25, -0.2) is 9.79 Å². The maximum Gasteiger partial charge on any atom is 0.338 e. The summed E-state index contributed by atoms with van der Waals surface area (Å²) in [7, 11) is 1.57. The summed E-state index contributed by atoms with van der Waals surface area (Å²) in [5.41, 5.74) is 3.84. The highest BCUT2D eigenvalue weighted by Crippen LogP contribution is 2.38. The number of aromatic nitrogens is 2. The van der Waals surface area contributed by atoms with Crippen molar-refractivity contribution in [3.8, 4) is 5.75 Å². The molecular weight excluding hydrogens is 510 g/mol. The minimum Gasteiger partial charge on any atom is -0.496 e. The molecule has 1 aliphatic heterocycles. The van der Waals surface area contributed by atoms with E-state index in [1.165, 1.54) is 11.3 Å². The first-order valence-corrected chi connectivity index (χ1v) is 13.4. The standard InChI is InChI=1S/C31H25N3O4S/c1-3-38-30(36)26-27(19-11-5-4-6-12-19)33-31-34(28(26)22-14-8-10-16-24(22)37-2)29(35)25(39-31)17-20-18-32-23-15-9-7-13-21(20)23/h4-18,28,32H,3H2,1-2H3. The number of ether oxygens (including phenoxy) is 2. The van der Waals surface area contributed by atoms with Crippen molar-refractivity contribution in [2.45, 2.75) is 13.0 Å². The van der Waals surface area contributed by atoms with Gasteiger partial charge in [0.1, 0.15) is 11.8 Å². The Morgan fingerprint density at radius 3 is 2.59 bits per heavy atom. The van der Waals surface area contributed by atoms with E-state index in [2.05, 4.69) is 4.98 Å². The van der Waals surface area contributed by atoms with Gasteiger partial charge in [0.15, 0.2) is 4.80 Å². The summed E-state index contributed by atoms with van der Waals surface area (Å²) < 4.78 is 13.3. The van der Waals surface area contributed by atoms with Gasteiger partial charge in [0, 0.05) is 33.8 Å². The van der Waals surface area contributed by atoms with Gasteiger partial charge >= 0.3 is 5.97 Å². The first-order valence-electron chi connectivity index (χ1n) is 12.6. The fraction of sp³-hybridized carbons (Fsp3) is 0.129. The van der Waals surface area contributed by atoms with Gasteiger partial charge in [-0.2, -0.15) is 0 Å². The van der Waals surface area contributed by atoms with Crippen molar-refractivity contribution < 1.29 is 14.3 Å². The van der Waals surface area contributed by atoms with E-state index in [1.54, 1.807) is 18.6 Å². The number of fused-ring (bicyclic) bond motifs is 2. The Hall–Kier alpha value is -4.69. The lowest BCUT2D eigenvalue weighted by molar-refractivity contribution is -0.138. The van der Waals surface area contributed by atoms with Crippen LogP contribution < -0.4 is 19.6 Å². The molecule has 0 amide bonds. The van der Waals surface area contributed by atoms with Gasteiger partial charge in [-0.3, -0.25) is 9.36 Å². The third-order valence-electron chi connectivity index (χ3n) is 6.72. The molecule has 0 saturated heterocycles. The van der Waals surface area contributed by atoms with Gasteiger partial charge in [0.25, 0.3) is 5.56 Å². The van der Waals surface area contributed by atoms with E-state index in [1.807, 2.05) is 91.1 Å². The number of esters is 1. The molecule has 0 spiro atoms. The van der Waals surface area contributed by atoms with Crippen molar-refractivity contribution in [2.24, 2.45) is 4.99 Å². The summed E-state index contributed by atoms with van der Waals surface area (Å²) in [5, 5.41) is 1.02. The number of nitrogens with zero attached hydrogens (tertiary/aromatic N) is 2. The Balaban J connectivity index is 1.68. The molecule has 8 heteroatoms. The highest BCUT2D eigenvalue weighted by Gasteiger charge is 2.36. The Kier molecular flexibility index (Phi) is 6.46. The third kappa shape index (κ3) is 4.28. The Morgan fingerprint density at radius 1 is 1.05 bits per heavy atom. The highest BCUT2D eigenvalue weighted by molar-refractivity contribution is 7.07. The van der Waals surface area contributed by atoms with Crippen molar-refractivity contribution in [1.29, 1.82) is 0 Å². The quantitative estimate of drug-likeness (QED) is 0.326. The summed E-state index contributed by atoms with van der Waals surface area (Å²) in [5.74, 6) is 0.0340. The number of carbonyl (C=O) groups is 1. The zero-order valence-electron chi connectivity index (χ0n) is 21.4. The van der Waals surface area contributed by atoms with E-state index in [4.69, 9.17) is 14.5 Å². The van der Waals surface area contributed by atoms with Gasteiger partial charge in [-0.05, 0) is 25.1 Å². The largest absolute Gasteiger partial charge is 0.496 e. The maximum atomic E-state index is 14.1. The van der Waals surface area contributed by atoms with E-state index < -0.39 is 12.0 Å². The first kappa shape index (κ1) is 24.6. The fourth-order valence-electron chi connectivity index (χ4n) is 4.98. The van der Waals surface area contributed by atoms with Gasteiger partial charge in [-0.15, -0.1) is 0 Å². The topological polar surface area (TPSA) is 85.7 Å². The predicted octanol–water partition coefficient (Wildman–Crippen LogP) is 4.43. The summed E-state index contributed by atoms with van der Waals surface area (Å²) in [4.78, 5) is 36.3. The van der Waals surface area contributed by atoms with Crippen LogP contribution in [-0.4, -0.2) is 29.2 Å². The van der Waals surface area contributed by atoms with E-state index in [0.29, 0.717) is 31.9 Å². The van der Waals surface area contributed by atoms with Crippen LogP contribution in [0.25, 0.3) is 22.7 Å². The summed E-state index contributed by atoms with van der Waals surface area (Å²) in [6, 6.07) is 24.1. The van der Waals surface area contributed by atoms with Crippen LogP contribution in [0.15, 0.2) is 100 Å². The average molecular weight is 536 g/mol. The van der Waals surface area contributed by atoms with Crippen LogP contribution in [0.1, 0.15) is 29.7 Å². The van der Waals surface area contributed by atoms with Crippen LogP contribution in [0.2, 0.25) is 0 Å². The van der Waals surface area contributed by atoms with Crippen LogP contribution in [-0.2, 0) is 9.53 Å². The van der Waals surface area contributed by atoms with Crippen molar-refractivity contribution in [1.82, 2.24) is 9.55 Å². The summed E-state index contributed by atoms with van der Waals surface area (Å²) >= 11 is 1.29. The van der Waals surface area contributed by atoms with Crippen LogP contribution in [0.5, 0.6) is 5.75 Å². The van der Waals surface area contributed by atoms with E-state index in [-0.39, 0.29) is 12.2 Å². The summed E-state index contributed by atoms with van der Waals surface area (Å²) in [6.45, 7) is 1.95. The molecule has 5 aromatic rings. The number of nitrogens with one attached hydrogen (secondary N) is 1. The monoisotopic (exact) mass is 535 g/mol. The fourth-order valence-corrected chi connectivity index (χ4v) is 5.97. The maximum absolute atomic E-state index is 14.1. The lowest BCUT2D eigenvalue weighted by Crippen LogP contribution is -2.40. The Bertz CT molecular complexity index is 1910. The molecule has 3 aromatic carbocycles. The van der Waals surface area contributed by atoms with Gasteiger partial charge in [0.2, 0.25) is 0 Å². The Labute approximate surface area is 228 Å². The molecule has 0 aliphatic carbocycles. The molecule has 3 heterocycles. The number of hydrogen-bond donors (Lipinski definition) is 1. The molecule has 0 fully saturated rings. The van der Waals surface area contributed by atoms with Crippen molar-refractivity contribution >= 4 is 40.0 Å². The normalized spacial score (nSPS) is 15.2. The smallest absolute Gasteiger partial charge is 0.338 e. The highest BCUT2D eigenvalue weighted by atomic mass is 32.1. The van der Waals surface area contributed by atoms with E-state index >= 15 is 0 Å². The number of carbonyl (C=O) groups excluding carboxylic acids is 1. The number of methoxy groups -OCH3 is 1. The molecule has 1 unspecified atom stereocenters. The van der Waals surface area contributed by atoms with Crippen LogP contribution in [0.4, 0.5) is 0 Å². The number of H-pyrrole nitrogens is 1. The lowest BCUT2D eigenvalue weighted by Gasteiger charge is -2.27. The summed E-state index contributed by atoms with van der Waals surface area (Å²) in [6.07, 6.45) is 3.76. The second kappa shape index (κ2) is 10.2. The average Bonchev–Trinajstić information content (AvgIpc) is 3.53. The molecule has 1 aliphatic rings. The molecule has 2 aromatic heterocycles. The van der Waals surface area contributed by atoms with Crippen molar-refractivity contribution in [3.05, 3.63) is 127 Å². The molecule has 6 rings (SSSR count). The molecule has 7 nitrogen and oxygen atoms in total. The molecular formula is C31H25N3O4S. The molecule has 0 bridgehead atoms. The molecule has 1 N–H and O–H groups in total. The molecule has 194 valence electrons. The Morgan fingerprint density at radius 2 is 1.79 bits per heavy atom. The molecule has 0 radical (unpaired) electrons. The zero-order chi connectivity index (χ0) is 26.9. The second-order valence-corrected chi connectivity index (χ2v) is 9.97. The number of thiazole rings is 1. The SMILES string of the molecule is CCOC(=O)C1=C(c2ccccc2)N=c2sc(=Cc3c[nH]c4ccccc34)c(=O)n2C1c1ccccc1OC. The molecule has 39 heavy (non-hydrogen) atoms. The van der Waals surface area contributed by atoms with Crippen LogP contribution >= 0.6 is 11.3 Å². The minimum atomic E-state index is -0.795. The number of rotatable bonds is 6. The second-order valence-electron chi connectivity index (χ2n) is 8.96. The number of hydrogen-bond acceptors (Lipinski definition) is 6.